The van der Waals surface area contributed by atoms with E-state index in [0.717, 1.165) is 5.56 Å². The van der Waals surface area contributed by atoms with E-state index in [-0.39, 0.29) is 12.2 Å². The summed E-state index contributed by atoms with van der Waals surface area (Å²) in [6, 6.07) is 5.88. The monoisotopic (exact) mass is 267 g/mol. The van der Waals surface area contributed by atoms with Crippen LogP contribution in [0, 0.1) is 5.82 Å². The Bertz CT molecular complexity index is 553. The van der Waals surface area contributed by atoms with Crippen molar-refractivity contribution >= 4 is 17.3 Å². The van der Waals surface area contributed by atoms with E-state index in [0.29, 0.717) is 10.7 Å². The van der Waals surface area contributed by atoms with E-state index in [4.69, 9.17) is 5.11 Å². The molecule has 4 nitrogen and oxygen atoms in total. The summed E-state index contributed by atoms with van der Waals surface area (Å²) < 4.78 is 12.8. The van der Waals surface area contributed by atoms with Crippen molar-refractivity contribution in [3.8, 4) is 10.6 Å². The highest BCUT2D eigenvalue weighted by atomic mass is 32.1. The Labute approximate surface area is 106 Å². The first-order chi connectivity index (χ1) is 8.56. The number of hydrogen-bond donors (Lipinski definition) is 2. The molecule has 0 unspecified atom stereocenters. The molecule has 0 radical (unpaired) electrons. The molecule has 2 N–H and O–H groups in total. The summed E-state index contributed by atoms with van der Waals surface area (Å²) in [5.41, 5.74) is 1.27. The second-order valence-electron chi connectivity index (χ2n) is 3.71. The number of hydrogen-bond acceptors (Lipinski definition) is 4. The molecule has 0 bridgehead atoms. The molecule has 0 aliphatic rings. The summed E-state index contributed by atoms with van der Waals surface area (Å²) in [6.07, 6.45) is -1.49. The quantitative estimate of drug-likeness (QED) is 0.888. The van der Waals surface area contributed by atoms with Crippen LogP contribution < -0.4 is 0 Å². The lowest BCUT2D eigenvalue weighted by atomic mass is 10.2. The van der Waals surface area contributed by atoms with E-state index < -0.39 is 12.1 Å². The first-order valence-electron chi connectivity index (χ1n) is 5.17. The van der Waals surface area contributed by atoms with Crippen LogP contribution in [0.5, 0.6) is 0 Å². The van der Waals surface area contributed by atoms with Crippen LogP contribution in [-0.2, 0) is 11.2 Å². The van der Waals surface area contributed by atoms with Crippen molar-refractivity contribution in [2.45, 2.75) is 12.5 Å². The number of aliphatic hydroxyl groups is 1. The van der Waals surface area contributed by atoms with Gasteiger partial charge in [-0.15, -0.1) is 11.3 Å². The normalized spacial score (nSPS) is 12.3. The Hall–Kier alpha value is -1.79. The molecule has 0 aliphatic heterocycles. The highest BCUT2D eigenvalue weighted by molar-refractivity contribution is 7.13. The van der Waals surface area contributed by atoms with Gasteiger partial charge in [0.2, 0.25) is 0 Å². The van der Waals surface area contributed by atoms with Crippen molar-refractivity contribution in [2.75, 3.05) is 0 Å². The molecule has 6 heteroatoms. The lowest BCUT2D eigenvalue weighted by Gasteiger charge is -2.01. The minimum atomic E-state index is -1.45. The molecule has 0 spiro atoms. The van der Waals surface area contributed by atoms with Gasteiger partial charge in [0.15, 0.2) is 6.10 Å². The maximum atomic E-state index is 12.8. The summed E-state index contributed by atoms with van der Waals surface area (Å²) in [7, 11) is 0. The first-order valence-corrected chi connectivity index (χ1v) is 6.05. The fourth-order valence-electron chi connectivity index (χ4n) is 1.41. The molecule has 2 rings (SSSR count). The Balaban J connectivity index is 2.15. The van der Waals surface area contributed by atoms with Crippen LogP contribution in [-0.4, -0.2) is 27.3 Å². The highest BCUT2D eigenvalue weighted by Gasteiger charge is 2.16. The summed E-state index contributed by atoms with van der Waals surface area (Å²) in [4.78, 5) is 14.7. The van der Waals surface area contributed by atoms with Gasteiger partial charge >= 0.3 is 5.97 Å². The van der Waals surface area contributed by atoms with Gasteiger partial charge in [-0.05, 0) is 24.3 Å². The van der Waals surface area contributed by atoms with Crippen LogP contribution in [0.25, 0.3) is 10.6 Å². The first kappa shape index (κ1) is 12.7. The predicted octanol–water partition coefficient (Wildman–Crippen LogP) is 1.94. The largest absolute Gasteiger partial charge is 0.479 e. The Kier molecular flexibility index (Phi) is 3.69. The van der Waals surface area contributed by atoms with E-state index in [1.807, 2.05) is 0 Å². The molecule has 18 heavy (non-hydrogen) atoms. The van der Waals surface area contributed by atoms with Gasteiger partial charge in [0.05, 0.1) is 5.69 Å². The van der Waals surface area contributed by atoms with Crippen molar-refractivity contribution in [3.05, 3.63) is 41.2 Å². The molecule has 0 saturated carbocycles. The average Bonchev–Trinajstić information content (AvgIpc) is 2.78. The Morgan fingerprint density at radius 3 is 2.67 bits per heavy atom. The van der Waals surface area contributed by atoms with Crippen LogP contribution >= 0.6 is 11.3 Å². The number of thiazole rings is 1. The van der Waals surface area contributed by atoms with E-state index in [2.05, 4.69) is 4.98 Å². The smallest absolute Gasteiger partial charge is 0.332 e. The maximum absolute atomic E-state index is 12.8. The number of halogens is 1. The number of benzene rings is 1. The number of aliphatic hydroxyl groups excluding tert-OH is 1. The molecule has 0 fully saturated rings. The van der Waals surface area contributed by atoms with Crippen molar-refractivity contribution in [3.63, 3.8) is 0 Å². The summed E-state index contributed by atoms with van der Waals surface area (Å²) in [5.74, 6) is -1.59. The van der Waals surface area contributed by atoms with E-state index in [9.17, 15) is 14.3 Å². The van der Waals surface area contributed by atoms with Crippen LogP contribution in [0.15, 0.2) is 29.6 Å². The third-order valence-corrected chi connectivity index (χ3v) is 3.27. The van der Waals surface area contributed by atoms with Gasteiger partial charge in [0.1, 0.15) is 10.8 Å². The van der Waals surface area contributed by atoms with Crippen molar-refractivity contribution in [2.24, 2.45) is 0 Å². The Morgan fingerprint density at radius 1 is 1.39 bits per heavy atom. The number of carboxylic acid groups (broad SMARTS) is 1. The third-order valence-electron chi connectivity index (χ3n) is 2.33. The van der Waals surface area contributed by atoms with E-state index in [1.165, 1.54) is 23.5 Å². The molecule has 2 aromatic rings. The number of aromatic nitrogens is 1. The minimum Gasteiger partial charge on any atom is -0.479 e. The number of aliphatic carboxylic acids is 1. The summed E-state index contributed by atoms with van der Waals surface area (Å²) in [6.45, 7) is 0. The number of carboxylic acids is 1. The van der Waals surface area contributed by atoms with Crippen LogP contribution in [0.1, 0.15) is 5.69 Å². The lowest BCUT2D eigenvalue weighted by molar-refractivity contribution is -0.146. The molecule has 0 saturated heterocycles. The van der Waals surface area contributed by atoms with Crippen molar-refractivity contribution < 1.29 is 19.4 Å². The maximum Gasteiger partial charge on any atom is 0.332 e. The third kappa shape index (κ3) is 2.91. The second kappa shape index (κ2) is 5.24. The summed E-state index contributed by atoms with van der Waals surface area (Å²) >= 11 is 1.32. The van der Waals surface area contributed by atoms with Gasteiger partial charge in [0, 0.05) is 17.4 Å². The SMILES string of the molecule is O=C(O)[C@@H](O)Cc1csc(-c2ccc(F)cc2)n1. The minimum absolute atomic E-state index is 0.0347. The Morgan fingerprint density at radius 2 is 2.06 bits per heavy atom. The highest BCUT2D eigenvalue weighted by Crippen LogP contribution is 2.24. The molecule has 1 heterocycles. The van der Waals surface area contributed by atoms with Gasteiger partial charge in [-0.2, -0.15) is 0 Å². The zero-order valence-corrected chi connectivity index (χ0v) is 10.0. The fourth-order valence-corrected chi connectivity index (χ4v) is 2.25. The summed E-state index contributed by atoms with van der Waals surface area (Å²) in [5, 5.41) is 20.1. The number of carbonyl (C=O) groups is 1. The number of nitrogens with zero attached hydrogens (tertiary/aromatic N) is 1. The van der Waals surface area contributed by atoms with Gasteiger partial charge < -0.3 is 10.2 Å². The van der Waals surface area contributed by atoms with E-state index in [1.54, 1.807) is 17.5 Å². The van der Waals surface area contributed by atoms with Gasteiger partial charge in [0.25, 0.3) is 0 Å². The second-order valence-corrected chi connectivity index (χ2v) is 4.57. The van der Waals surface area contributed by atoms with E-state index >= 15 is 0 Å². The molecule has 1 aromatic carbocycles. The zero-order valence-electron chi connectivity index (χ0n) is 9.21. The van der Waals surface area contributed by atoms with Gasteiger partial charge in [-0.1, -0.05) is 0 Å². The number of rotatable bonds is 4. The van der Waals surface area contributed by atoms with Gasteiger partial charge in [-0.3, -0.25) is 0 Å². The fraction of sp³-hybridized carbons (Fsp3) is 0.167. The predicted molar refractivity (Wildman–Crippen MR) is 64.9 cm³/mol. The van der Waals surface area contributed by atoms with Crippen LogP contribution in [0.4, 0.5) is 4.39 Å². The topological polar surface area (TPSA) is 70.4 Å². The molecular weight excluding hydrogens is 257 g/mol. The van der Waals surface area contributed by atoms with Gasteiger partial charge in [-0.25, -0.2) is 14.2 Å². The standard InChI is InChI=1S/C12H10FNO3S/c13-8-3-1-7(2-4-8)11-14-9(6-18-11)5-10(15)12(16)17/h1-4,6,10,15H,5H2,(H,16,17)/t10-/m0/s1. The molecule has 1 atom stereocenters. The van der Waals surface area contributed by atoms with Crippen molar-refractivity contribution in [1.82, 2.24) is 4.98 Å². The molecular formula is C12H10FNO3S. The lowest BCUT2D eigenvalue weighted by Crippen LogP contribution is -2.22. The molecule has 94 valence electrons. The molecule has 0 aliphatic carbocycles. The molecule has 0 amide bonds. The molecule has 1 aromatic heterocycles. The average molecular weight is 267 g/mol. The van der Waals surface area contributed by atoms with Crippen LogP contribution in [0.3, 0.4) is 0 Å². The zero-order chi connectivity index (χ0) is 13.1. The van der Waals surface area contributed by atoms with Crippen LogP contribution in [0.2, 0.25) is 0 Å². The van der Waals surface area contributed by atoms with Crippen molar-refractivity contribution in [1.29, 1.82) is 0 Å².